The van der Waals surface area contributed by atoms with E-state index in [1.54, 1.807) is 0 Å². The summed E-state index contributed by atoms with van der Waals surface area (Å²) in [6.45, 7) is 2.35. The number of nitrogen functional groups attached to an aromatic ring is 2. The fourth-order valence-corrected chi connectivity index (χ4v) is 3.24. The Balaban J connectivity index is 2.20. The highest BCUT2D eigenvalue weighted by Gasteiger charge is 2.19. The third-order valence-electron chi connectivity index (χ3n) is 3.57. The van der Waals surface area contributed by atoms with Crippen molar-refractivity contribution in [2.24, 2.45) is 0 Å². The minimum absolute atomic E-state index is 0.0947. The first-order valence-corrected chi connectivity index (χ1v) is 9.61. The lowest BCUT2D eigenvalue weighted by Crippen LogP contribution is -2.30. The van der Waals surface area contributed by atoms with Crippen molar-refractivity contribution in [3.63, 3.8) is 0 Å². The number of sulfonamides is 1. The number of hydrogen-bond donors (Lipinski definition) is 4. The number of hydrogen-bond acceptors (Lipinski definition) is 8. The summed E-state index contributed by atoms with van der Waals surface area (Å²) in [7, 11) is -4.01. The Morgan fingerprint density at radius 3 is 2.22 bits per heavy atom. The van der Waals surface area contributed by atoms with Gasteiger partial charge in [0.2, 0.25) is 17.8 Å². The molecule has 1 aromatic heterocycles. The van der Waals surface area contributed by atoms with Gasteiger partial charge in [-0.3, -0.25) is 4.90 Å². The molecule has 1 amide bonds. The van der Waals surface area contributed by atoms with E-state index >= 15 is 0 Å². The fourth-order valence-electron chi connectivity index (χ4n) is 2.29. The predicted molar refractivity (Wildman–Crippen MR) is 101 cm³/mol. The summed E-state index contributed by atoms with van der Waals surface area (Å²) in [6, 6.07) is 5.43. The molecule has 0 bridgehead atoms. The van der Waals surface area contributed by atoms with Crippen molar-refractivity contribution in [2.75, 3.05) is 27.6 Å². The third-order valence-corrected chi connectivity index (χ3v) is 4.91. The Morgan fingerprint density at radius 1 is 1.11 bits per heavy atom. The zero-order chi connectivity index (χ0) is 20.0. The molecule has 146 valence electrons. The number of amides is 1. The minimum atomic E-state index is -4.01. The molecule has 0 saturated heterocycles. The van der Waals surface area contributed by atoms with Crippen LogP contribution in [-0.2, 0) is 10.0 Å². The average Bonchev–Trinajstić information content (AvgIpc) is 2.57. The number of unbranched alkanes of at least 4 members (excludes halogenated alkanes) is 2. The summed E-state index contributed by atoms with van der Waals surface area (Å²) in [5, 5.41) is 9.35. The number of carbonyl (C=O) groups is 1. The minimum Gasteiger partial charge on any atom is -0.465 e. The van der Waals surface area contributed by atoms with Gasteiger partial charge in [-0.05, 0) is 30.7 Å². The number of rotatable bonds is 8. The second-order valence-electron chi connectivity index (χ2n) is 5.62. The highest BCUT2D eigenvalue weighted by Crippen LogP contribution is 2.20. The van der Waals surface area contributed by atoms with E-state index in [1.165, 1.54) is 29.2 Å². The van der Waals surface area contributed by atoms with Crippen LogP contribution in [0.4, 0.5) is 28.3 Å². The first-order chi connectivity index (χ1) is 12.7. The summed E-state index contributed by atoms with van der Waals surface area (Å²) in [5.41, 5.74) is 11.2. The molecule has 27 heavy (non-hydrogen) atoms. The largest absolute Gasteiger partial charge is 0.465 e. The Bertz CT molecular complexity index is 883. The van der Waals surface area contributed by atoms with Crippen molar-refractivity contribution in [3.05, 3.63) is 24.3 Å². The van der Waals surface area contributed by atoms with Crippen LogP contribution < -0.4 is 21.1 Å². The average molecular weight is 395 g/mol. The molecular formula is C15H21N7O4S. The number of benzene rings is 1. The topological polar surface area (TPSA) is 177 Å². The fraction of sp³-hybridized carbons (Fsp3) is 0.333. The van der Waals surface area contributed by atoms with Crippen LogP contribution in [0, 0.1) is 0 Å². The van der Waals surface area contributed by atoms with Crippen molar-refractivity contribution < 1.29 is 18.3 Å². The Morgan fingerprint density at radius 2 is 1.70 bits per heavy atom. The van der Waals surface area contributed by atoms with Crippen LogP contribution in [0.5, 0.6) is 0 Å². The van der Waals surface area contributed by atoms with Gasteiger partial charge in [-0.1, -0.05) is 19.8 Å². The number of anilines is 4. The van der Waals surface area contributed by atoms with Crippen LogP contribution in [0.15, 0.2) is 29.2 Å². The lowest BCUT2D eigenvalue weighted by molar-refractivity contribution is 0.201. The van der Waals surface area contributed by atoms with Gasteiger partial charge in [0.25, 0.3) is 10.0 Å². The van der Waals surface area contributed by atoms with Gasteiger partial charge >= 0.3 is 6.09 Å². The summed E-state index contributed by atoms with van der Waals surface area (Å²) in [4.78, 5) is 23.4. The molecular weight excluding hydrogens is 374 g/mol. The molecule has 0 spiro atoms. The van der Waals surface area contributed by atoms with E-state index in [1.807, 2.05) is 6.92 Å². The highest BCUT2D eigenvalue weighted by atomic mass is 32.2. The maximum absolute atomic E-state index is 12.4. The number of nitrogens with one attached hydrogen (secondary N) is 1. The van der Waals surface area contributed by atoms with E-state index in [0.717, 1.165) is 12.8 Å². The van der Waals surface area contributed by atoms with Crippen LogP contribution in [0.2, 0.25) is 0 Å². The van der Waals surface area contributed by atoms with Crippen LogP contribution >= 0.6 is 0 Å². The van der Waals surface area contributed by atoms with Crippen molar-refractivity contribution >= 4 is 39.6 Å². The molecule has 1 aromatic carbocycles. The van der Waals surface area contributed by atoms with Gasteiger partial charge in [-0.15, -0.1) is 0 Å². The molecule has 0 atom stereocenters. The first-order valence-electron chi connectivity index (χ1n) is 8.13. The maximum Gasteiger partial charge on any atom is 0.411 e. The lowest BCUT2D eigenvalue weighted by atomic mass is 10.2. The quantitative estimate of drug-likeness (QED) is 0.482. The van der Waals surface area contributed by atoms with E-state index in [4.69, 9.17) is 11.5 Å². The number of nitrogens with two attached hydrogens (primary N) is 2. The molecule has 11 nitrogen and oxygen atoms in total. The standard InChI is InChI=1S/C15H21N7O4S/c1-2-3-4-9-22(15(23)24)10-5-7-11(8-6-10)27(25,26)21-14-19-12(16)18-13(17)20-14/h5-8H,2-4,9H2,1H3,(H,23,24)(H5,16,17,18,19,20,21). The smallest absolute Gasteiger partial charge is 0.411 e. The van der Waals surface area contributed by atoms with E-state index in [0.29, 0.717) is 18.7 Å². The third kappa shape index (κ3) is 5.41. The number of aromatic nitrogens is 3. The lowest BCUT2D eigenvalue weighted by Gasteiger charge is -2.19. The van der Waals surface area contributed by atoms with Gasteiger partial charge in [0.1, 0.15) is 0 Å². The van der Waals surface area contributed by atoms with Crippen molar-refractivity contribution in [2.45, 2.75) is 31.1 Å². The summed E-state index contributed by atoms with van der Waals surface area (Å²) >= 11 is 0. The van der Waals surface area contributed by atoms with Crippen molar-refractivity contribution in [1.82, 2.24) is 15.0 Å². The van der Waals surface area contributed by atoms with E-state index in [-0.39, 0.29) is 22.7 Å². The molecule has 2 rings (SSSR count). The van der Waals surface area contributed by atoms with Crippen LogP contribution in [-0.4, -0.2) is 41.1 Å². The zero-order valence-corrected chi connectivity index (χ0v) is 15.5. The van der Waals surface area contributed by atoms with E-state index in [9.17, 15) is 18.3 Å². The summed E-state index contributed by atoms with van der Waals surface area (Å²) < 4.78 is 27.0. The van der Waals surface area contributed by atoms with Crippen molar-refractivity contribution in [1.29, 1.82) is 0 Å². The SMILES string of the molecule is CCCCCN(C(=O)O)c1ccc(S(=O)(=O)Nc2nc(N)nc(N)n2)cc1. The Labute approximate surface area is 156 Å². The van der Waals surface area contributed by atoms with E-state index in [2.05, 4.69) is 19.7 Å². The molecule has 6 N–H and O–H groups in total. The zero-order valence-electron chi connectivity index (χ0n) is 14.7. The molecule has 1 heterocycles. The molecule has 0 unspecified atom stereocenters. The monoisotopic (exact) mass is 395 g/mol. The molecule has 0 fully saturated rings. The second-order valence-corrected chi connectivity index (χ2v) is 7.30. The number of carboxylic acid groups (broad SMARTS) is 1. The molecule has 0 saturated carbocycles. The molecule has 0 aliphatic rings. The van der Waals surface area contributed by atoms with E-state index < -0.39 is 16.1 Å². The molecule has 0 radical (unpaired) electrons. The predicted octanol–water partition coefficient (Wildman–Crippen LogP) is 1.51. The molecule has 0 aliphatic carbocycles. The maximum atomic E-state index is 12.4. The normalized spacial score (nSPS) is 11.1. The van der Waals surface area contributed by atoms with Gasteiger partial charge in [0.05, 0.1) is 4.90 Å². The Kier molecular flexibility index (Phi) is 6.34. The number of nitrogens with zero attached hydrogens (tertiary/aromatic N) is 4. The Hall–Kier alpha value is -3.15. The van der Waals surface area contributed by atoms with Gasteiger partial charge in [0.15, 0.2) is 0 Å². The van der Waals surface area contributed by atoms with Gasteiger partial charge in [-0.2, -0.15) is 15.0 Å². The van der Waals surface area contributed by atoms with Crippen LogP contribution in [0.25, 0.3) is 0 Å². The van der Waals surface area contributed by atoms with Gasteiger partial charge in [0, 0.05) is 12.2 Å². The summed E-state index contributed by atoms with van der Waals surface area (Å²) in [5.74, 6) is -0.754. The molecule has 2 aromatic rings. The van der Waals surface area contributed by atoms with Crippen LogP contribution in [0.1, 0.15) is 26.2 Å². The summed E-state index contributed by atoms with van der Waals surface area (Å²) in [6.07, 6.45) is 1.48. The first kappa shape index (κ1) is 20.2. The highest BCUT2D eigenvalue weighted by molar-refractivity contribution is 7.92. The van der Waals surface area contributed by atoms with Gasteiger partial charge < -0.3 is 16.6 Å². The van der Waals surface area contributed by atoms with Crippen molar-refractivity contribution in [3.8, 4) is 0 Å². The van der Waals surface area contributed by atoms with Crippen LogP contribution in [0.3, 0.4) is 0 Å². The van der Waals surface area contributed by atoms with Gasteiger partial charge in [-0.25, -0.2) is 17.9 Å². The molecule has 0 aliphatic heterocycles. The second kappa shape index (κ2) is 8.49. The molecule has 12 heteroatoms.